The lowest BCUT2D eigenvalue weighted by molar-refractivity contribution is -0.132. The van der Waals surface area contributed by atoms with Gasteiger partial charge in [0.05, 0.1) is 14.2 Å². The van der Waals surface area contributed by atoms with Crippen LogP contribution in [-0.4, -0.2) is 44.0 Å². The van der Waals surface area contributed by atoms with E-state index in [-0.39, 0.29) is 18.4 Å². The molecule has 0 aliphatic carbocycles. The molecule has 1 aliphatic heterocycles. The van der Waals surface area contributed by atoms with Crippen molar-refractivity contribution in [3.8, 4) is 11.5 Å². The monoisotopic (exact) mass is 386 g/mol. The van der Waals surface area contributed by atoms with Gasteiger partial charge in [0, 0.05) is 25.7 Å². The van der Waals surface area contributed by atoms with Gasteiger partial charge in [0.25, 0.3) is 0 Å². The molecule has 6 nitrogen and oxygen atoms in total. The maximum Gasteiger partial charge on any atom is 0.242 e. The molecule has 0 atom stereocenters. The van der Waals surface area contributed by atoms with Gasteiger partial charge in [-0.1, -0.05) is 0 Å². The van der Waals surface area contributed by atoms with Crippen LogP contribution in [-0.2, 0) is 22.6 Å². The van der Waals surface area contributed by atoms with E-state index in [1.54, 1.807) is 19.1 Å². The number of carbonyl (C=O) groups is 2. The summed E-state index contributed by atoms with van der Waals surface area (Å²) in [6.07, 6.45) is 0.693. The van der Waals surface area contributed by atoms with Gasteiger partial charge in [0.15, 0.2) is 11.5 Å². The molecule has 2 aromatic rings. The Morgan fingerprint density at radius 1 is 1.07 bits per heavy atom. The molecule has 2 aromatic carbocycles. The fourth-order valence-electron chi connectivity index (χ4n) is 3.34. The second-order valence-corrected chi connectivity index (χ2v) is 6.62. The Labute approximate surface area is 163 Å². The van der Waals surface area contributed by atoms with Gasteiger partial charge in [0.1, 0.15) is 12.4 Å². The molecule has 0 radical (unpaired) electrons. The van der Waals surface area contributed by atoms with Crippen LogP contribution in [0.4, 0.5) is 10.1 Å². The third kappa shape index (κ3) is 4.08. The average Bonchev–Trinajstić information content (AvgIpc) is 2.70. The lowest BCUT2D eigenvalue weighted by atomic mass is 9.98. The molecule has 2 amide bonds. The van der Waals surface area contributed by atoms with Gasteiger partial charge in [-0.3, -0.25) is 9.59 Å². The molecule has 148 valence electrons. The fourth-order valence-corrected chi connectivity index (χ4v) is 3.34. The van der Waals surface area contributed by atoms with E-state index in [2.05, 4.69) is 0 Å². The summed E-state index contributed by atoms with van der Waals surface area (Å²) >= 11 is 0. The van der Waals surface area contributed by atoms with Crippen molar-refractivity contribution in [2.45, 2.75) is 19.9 Å². The van der Waals surface area contributed by atoms with Crippen molar-refractivity contribution < 1.29 is 23.5 Å². The largest absolute Gasteiger partial charge is 0.493 e. The van der Waals surface area contributed by atoms with Crippen molar-refractivity contribution in [1.82, 2.24) is 4.90 Å². The summed E-state index contributed by atoms with van der Waals surface area (Å²) in [5.74, 6) is 0.451. The van der Waals surface area contributed by atoms with Gasteiger partial charge in [-0.15, -0.1) is 0 Å². The molecular weight excluding hydrogens is 363 g/mol. The number of nitrogens with zero attached hydrogens (tertiary/aromatic N) is 2. The summed E-state index contributed by atoms with van der Waals surface area (Å²) in [5, 5.41) is 0. The molecule has 0 spiro atoms. The number of hydrogen-bond donors (Lipinski definition) is 0. The van der Waals surface area contributed by atoms with Crippen LogP contribution >= 0.6 is 0 Å². The Morgan fingerprint density at radius 3 is 2.25 bits per heavy atom. The maximum atomic E-state index is 13.2. The van der Waals surface area contributed by atoms with Gasteiger partial charge in [-0.25, -0.2) is 4.39 Å². The summed E-state index contributed by atoms with van der Waals surface area (Å²) in [7, 11) is 3.16. The minimum Gasteiger partial charge on any atom is -0.493 e. The topological polar surface area (TPSA) is 59.1 Å². The lowest BCUT2D eigenvalue weighted by Gasteiger charge is -2.31. The molecule has 3 rings (SSSR count). The molecule has 0 saturated heterocycles. The van der Waals surface area contributed by atoms with Crippen molar-refractivity contribution >= 4 is 17.5 Å². The number of benzene rings is 2. The van der Waals surface area contributed by atoms with Gasteiger partial charge >= 0.3 is 0 Å². The minimum atomic E-state index is -0.393. The molecule has 7 heteroatoms. The highest BCUT2D eigenvalue weighted by molar-refractivity contribution is 5.97. The summed E-state index contributed by atoms with van der Waals surface area (Å²) < 4.78 is 23.8. The lowest BCUT2D eigenvalue weighted by Crippen LogP contribution is -2.44. The van der Waals surface area contributed by atoms with E-state index in [0.717, 1.165) is 11.1 Å². The van der Waals surface area contributed by atoms with Crippen LogP contribution < -0.4 is 14.4 Å². The fraction of sp³-hybridized carbons (Fsp3) is 0.333. The quantitative estimate of drug-likeness (QED) is 0.793. The normalized spacial score (nSPS) is 12.9. The first-order valence-electron chi connectivity index (χ1n) is 8.98. The number of hydrogen-bond acceptors (Lipinski definition) is 4. The highest BCUT2D eigenvalue weighted by Gasteiger charge is 2.25. The van der Waals surface area contributed by atoms with Crippen molar-refractivity contribution in [3.05, 3.63) is 53.3 Å². The molecule has 0 saturated carbocycles. The van der Waals surface area contributed by atoms with Gasteiger partial charge in [0.2, 0.25) is 11.8 Å². The number of rotatable bonds is 5. The number of anilines is 1. The van der Waals surface area contributed by atoms with Gasteiger partial charge in [-0.05, 0) is 53.9 Å². The van der Waals surface area contributed by atoms with E-state index in [0.29, 0.717) is 36.7 Å². The number of methoxy groups -OCH3 is 2. The summed E-state index contributed by atoms with van der Waals surface area (Å²) in [6, 6.07) is 9.35. The first kappa shape index (κ1) is 19.7. The third-order valence-electron chi connectivity index (χ3n) is 4.88. The number of carbonyl (C=O) groups excluding carboxylic acids is 2. The maximum absolute atomic E-state index is 13.2. The molecule has 0 bridgehead atoms. The Kier molecular flexibility index (Phi) is 5.82. The molecule has 0 N–H and O–H groups in total. The average molecular weight is 386 g/mol. The van der Waals surface area contributed by atoms with Crippen molar-refractivity contribution in [2.24, 2.45) is 0 Å². The van der Waals surface area contributed by atoms with E-state index < -0.39 is 5.82 Å². The van der Waals surface area contributed by atoms with Crippen LogP contribution in [0.3, 0.4) is 0 Å². The number of amides is 2. The predicted molar refractivity (Wildman–Crippen MR) is 103 cm³/mol. The van der Waals surface area contributed by atoms with Crippen molar-refractivity contribution in [1.29, 1.82) is 0 Å². The number of ether oxygens (including phenoxy) is 2. The second kappa shape index (κ2) is 8.29. The minimum absolute atomic E-state index is 0.0937. The smallest absolute Gasteiger partial charge is 0.242 e. The standard InChI is InChI=1S/C21H23FN2O4/c1-14(25)24(18-6-4-17(22)5-7-18)13-21(26)23-9-8-15-10-19(27-2)20(28-3)11-16(15)12-23/h4-7,10-11H,8-9,12-13H2,1-3H3. The van der Waals surface area contributed by atoms with Crippen molar-refractivity contribution in [2.75, 3.05) is 32.2 Å². The Morgan fingerprint density at radius 2 is 1.68 bits per heavy atom. The van der Waals surface area contributed by atoms with Crippen LogP contribution in [0.25, 0.3) is 0 Å². The van der Waals surface area contributed by atoms with Crippen LogP contribution in [0.5, 0.6) is 11.5 Å². The molecule has 0 unspecified atom stereocenters. The number of halogens is 1. The second-order valence-electron chi connectivity index (χ2n) is 6.62. The first-order valence-corrected chi connectivity index (χ1v) is 8.98. The van der Waals surface area contributed by atoms with Crippen molar-refractivity contribution in [3.63, 3.8) is 0 Å². The zero-order valence-corrected chi connectivity index (χ0v) is 16.2. The summed E-state index contributed by atoms with van der Waals surface area (Å²) in [5.41, 5.74) is 2.60. The highest BCUT2D eigenvalue weighted by Crippen LogP contribution is 2.33. The van der Waals surface area contributed by atoms with Gasteiger partial charge in [-0.2, -0.15) is 0 Å². The number of fused-ring (bicyclic) bond motifs is 1. The molecule has 28 heavy (non-hydrogen) atoms. The molecule has 1 heterocycles. The molecular formula is C21H23FN2O4. The van der Waals surface area contributed by atoms with Crippen LogP contribution in [0, 0.1) is 5.82 Å². The van der Waals surface area contributed by atoms with E-state index in [1.807, 2.05) is 12.1 Å². The molecule has 1 aliphatic rings. The molecule has 0 aromatic heterocycles. The predicted octanol–water partition coefficient (Wildman–Crippen LogP) is 2.78. The van der Waals surface area contributed by atoms with Crippen LogP contribution in [0.15, 0.2) is 36.4 Å². The summed E-state index contributed by atoms with van der Waals surface area (Å²) in [4.78, 5) is 27.9. The van der Waals surface area contributed by atoms with E-state index in [1.165, 1.54) is 36.1 Å². The zero-order valence-electron chi connectivity index (χ0n) is 16.2. The Balaban J connectivity index is 1.76. The Hall–Kier alpha value is -3.09. The van der Waals surface area contributed by atoms with Gasteiger partial charge < -0.3 is 19.3 Å². The van der Waals surface area contributed by atoms with E-state index in [9.17, 15) is 14.0 Å². The highest BCUT2D eigenvalue weighted by atomic mass is 19.1. The first-order chi connectivity index (χ1) is 13.4. The van der Waals surface area contributed by atoms with E-state index >= 15 is 0 Å². The van der Waals surface area contributed by atoms with E-state index in [4.69, 9.17) is 9.47 Å². The van der Waals surface area contributed by atoms with Crippen LogP contribution in [0.1, 0.15) is 18.1 Å². The molecule has 0 fully saturated rings. The summed E-state index contributed by atoms with van der Waals surface area (Å²) in [6.45, 7) is 2.28. The van der Waals surface area contributed by atoms with Crippen LogP contribution in [0.2, 0.25) is 0 Å². The SMILES string of the molecule is COc1cc2c(cc1OC)CN(C(=O)CN(C(C)=O)c1ccc(F)cc1)CC2. The third-order valence-corrected chi connectivity index (χ3v) is 4.88. The Bertz CT molecular complexity index is 883. The zero-order chi connectivity index (χ0) is 20.3.